The van der Waals surface area contributed by atoms with Gasteiger partial charge < -0.3 is 0 Å². The molecule has 20 heavy (non-hydrogen) atoms. The maximum Gasteiger partial charge on any atom is 0.240 e. The van der Waals surface area contributed by atoms with Crippen molar-refractivity contribution >= 4 is 37.6 Å². The highest BCUT2D eigenvalue weighted by Gasteiger charge is 2.30. The second kappa shape index (κ2) is 6.34. The monoisotopic (exact) mass is 379 g/mol. The molecule has 0 radical (unpaired) electrons. The van der Waals surface area contributed by atoms with E-state index < -0.39 is 10.0 Å². The third-order valence-electron chi connectivity index (χ3n) is 4.21. The van der Waals surface area contributed by atoms with Crippen molar-refractivity contribution in [2.24, 2.45) is 11.8 Å². The van der Waals surface area contributed by atoms with Crippen molar-refractivity contribution in [3.8, 4) is 0 Å². The standard InChI is InChI=1S/C14H19BrClNO2S/c1-9-4-3-5-14(10(9)2)17-20(18,19)11-6-7-13(16)12(15)8-11/h6-10,14,17H,3-5H2,1-2H3. The number of benzene rings is 1. The van der Waals surface area contributed by atoms with Crippen LogP contribution in [0, 0.1) is 11.8 Å². The van der Waals surface area contributed by atoms with Crippen molar-refractivity contribution in [1.29, 1.82) is 0 Å². The van der Waals surface area contributed by atoms with Crippen LogP contribution in [-0.4, -0.2) is 14.5 Å². The van der Waals surface area contributed by atoms with Gasteiger partial charge in [0, 0.05) is 10.5 Å². The van der Waals surface area contributed by atoms with E-state index in [2.05, 4.69) is 34.5 Å². The topological polar surface area (TPSA) is 46.2 Å². The van der Waals surface area contributed by atoms with E-state index in [0.29, 0.717) is 21.3 Å². The maximum absolute atomic E-state index is 12.4. The van der Waals surface area contributed by atoms with E-state index in [0.717, 1.165) is 12.8 Å². The van der Waals surface area contributed by atoms with Crippen molar-refractivity contribution in [1.82, 2.24) is 4.72 Å². The van der Waals surface area contributed by atoms with Crippen LogP contribution in [0.1, 0.15) is 33.1 Å². The lowest BCUT2D eigenvalue weighted by Crippen LogP contribution is -2.43. The molecule has 1 aliphatic carbocycles. The number of rotatable bonds is 3. The summed E-state index contributed by atoms with van der Waals surface area (Å²) in [6, 6.07) is 4.68. The van der Waals surface area contributed by atoms with Gasteiger partial charge in [-0.2, -0.15) is 0 Å². The van der Waals surface area contributed by atoms with E-state index >= 15 is 0 Å². The predicted molar refractivity (Wildman–Crippen MR) is 85.4 cm³/mol. The van der Waals surface area contributed by atoms with Gasteiger partial charge in [-0.25, -0.2) is 13.1 Å². The fourth-order valence-corrected chi connectivity index (χ4v) is 4.69. The third-order valence-corrected chi connectivity index (χ3v) is 6.92. The second-order valence-electron chi connectivity index (χ2n) is 5.57. The Balaban J connectivity index is 2.20. The van der Waals surface area contributed by atoms with Crippen LogP contribution < -0.4 is 4.72 Å². The first-order chi connectivity index (χ1) is 9.31. The summed E-state index contributed by atoms with van der Waals surface area (Å²) in [7, 11) is -3.49. The van der Waals surface area contributed by atoms with Crippen molar-refractivity contribution in [2.45, 2.75) is 44.0 Å². The van der Waals surface area contributed by atoms with Gasteiger partial charge in [-0.05, 0) is 52.4 Å². The summed E-state index contributed by atoms with van der Waals surface area (Å²) in [6.45, 7) is 4.30. The first-order valence-electron chi connectivity index (χ1n) is 6.78. The summed E-state index contributed by atoms with van der Waals surface area (Å²) in [4.78, 5) is 0.249. The molecule has 6 heteroatoms. The second-order valence-corrected chi connectivity index (χ2v) is 8.55. The van der Waals surface area contributed by atoms with Gasteiger partial charge in [-0.3, -0.25) is 0 Å². The Bertz CT molecular complexity index is 591. The van der Waals surface area contributed by atoms with Gasteiger partial charge in [-0.15, -0.1) is 0 Å². The SMILES string of the molecule is CC1CCCC(NS(=O)(=O)c2ccc(Cl)c(Br)c2)C1C. The zero-order valence-electron chi connectivity index (χ0n) is 11.6. The molecule has 0 aliphatic heterocycles. The molecule has 2 rings (SSSR count). The van der Waals surface area contributed by atoms with Crippen LogP contribution in [0.25, 0.3) is 0 Å². The Kier molecular flexibility index (Phi) is 5.16. The first kappa shape index (κ1) is 16.3. The first-order valence-corrected chi connectivity index (χ1v) is 9.44. The highest BCUT2D eigenvalue weighted by molar-refractivity contribution is 9.10. The van der Waals surface area contributed by atoms with Gasteiger partial charge in [0.1, 0.15) is 0 Å². The summed E-state index contributed by atoms with van der Waals surface area (Å²) < 4.78 is 28.3. The van der Waals surface area contributed by atoms with E-state index in [1.54, 1.807) is 12.1 Å². The average Bonchev–Trinajstić information content (AvgIpc) is 2.38. The Morgan fingerprint density at radius 1 is 1.30 bits per heavy atom. The predicted octanol–water partition coefficient (Wildman–Crippen LogP) is 4.21. The molecule has 1 aromatic carbocycles. The molecule has 0 aromatic heterocycles. The number of nitrogens with one attached hydrogen (secondary N) is 1. The van der Waals surface area contributed by atoms with Crippen LogP contribution in [0.2, 0.25) is 5.02 Å². The van der Waals surface area contributed by atoms with Crippen LogP contribution in [0.15, 0.2) is 27.6 Å². The fraction of sp³-hybridized carbons (Fsp3) is 0.571. The lowest BCUT2D eigenvalue weighted by Gasteiger charge is -2.34. The Morgan fingerprint density at radius 3 is 2.65 bits per heavy atom. The molecule has 1 N–H and O–H groups in total. The van der Waals surface area contributed by atoms with Crippen LogP contribution >= 0.6 is 27.5 Å². The Hall–Kier alpha value is -0.100. The molecule has 3 nitrogen and oxygen atoms in total. The van der Waals surface area contributed by atoms with Gasteiger partial charge in [0.25, 0.3) is 0 Å². The van der Waals surface area contributed by atoms with Crippen molar-refractivity contribution < 1.29 is 8.42 Å². The van der Waals surface area contributed by atoms with Crippen molar-refractivity contribution in [3.63, 3.8) is 0 Å². The van der Waals surface area contributed by atoms with E-state index in [-0.39, 0.29) is 10.9 Å². The minimum absolute atomic E-state index is 0.0122. The van der Waals surface area contributed by atoms with Crippen molar-refractivity contribution in [2.75, 3.05) is 0 Å². The summed E-state index contributed by atoms with van der Waals surface area (Å²) in [5.41, 5.74) is 0. The number of hydrogen-bond acceptors (Lipinski definition) is 2. The molecule has 0 bridgehead atoms. The Morgan fingerprint density at radius 2 is 2.00 bits per heavy atom. The zero-order chi connectivity index (χ0) is 14.9. The van der Waals surface area contributed by atoms with Gasteiger partial charge in [0.15, 0.2) is 0 Å². The van der Waals surface area contributed by atoms with Gasteiger partial charge >= 0.3 is 0 Å². The maximum atomic E-state index is 12.4. The van der Waals surface area contributed by atoms with E-state index in [4.69, 9.17) is 11.6 Å². The third kappa shape index (κ3) is 3.56. The molecule has 0 amide bonds. The normalized spacial score (nSPS) is 27.5. The molecule has 0 saturated heterocycles. The number of halogens is 2. The van der Waals surface area contributed by atoms with E-state index in [9.17, 15) is 8.42 Å². The molecule has 1 aromatic rings. The molecule has 3 atom stereocenters. The minimum Gasteiger partial charge on any atom is -0.208 e. The summed E-state index contributed by atoms with van der Waals surface area (Å²) >= 11 is 9.16. The highest BCUT2D eigenvalue weighted by Crippen LogP contribution is 2.31. The van der Waals surface area contributed by atoms with E-state index in [1.165, 1.54) is 12.5 Å². The van der Waals surface area contributed by atoms with Gasteiger partial charge in [-0.1, -0.05) is 38.3 Å². The number of hydrogen-bond donors (Lipinski definition) is 1. The lowest BCUT2D eigenvalue weighted by molar-refractivity contribution is 0.227. The fourth-order valence-electron chi connectivity index (χ4n) is 2.66. The van der Waals surface area contributed by atoms with Crippen LogP contribution in [0.5, 0.6) is 0 Å². The molecule has 0 spiro atoms. The quantitative estimate of drug-likeness (QED) is 0.854. The molecule has 1 saturated carbocycles. The van der Waals surface area contributed by atoms with Crippen LogP contribution in [0.3, 0.4) is 0 Å². The molecule has 1 fully saturated rings. The zero-order valence-corrected chi connectivity index (χ0v) is 14.7. The highest BCUT2D eigenvalue weighted by atomic mass is 79.9. The average molecular weight is 381 g/mol. The number of sulfonamides is 1. The van der Waals surface area contributed by atoms with Crippen molar-refractivity contribution in [3.05, 3.63) is 27.7 Å². The molecule has 3 unspecified atom stereocenters. The van der Waals surface area contributed by atoms with Crippen LogP contribution in [0.4, 0.5) is 0 Å². The van der Waals surface area contributed by atoms with E-state index in [1.807, 2.05) is 0 Å². The molecule has 112 valence electrons. The summed E-state index contributed by atoms with van der Waals surface area (Å²) in [5, 5.41) is 0.503. The minimum atomic E-state index is -3.49. The molecule has 0 heterocycles. The Labute approximate surface area is 134 Å². The molecule has 1 aliphatic rings. The molecular weight excluding hydrogens is 362 g/mol. The van der Waals surface area contributed by atoms with Crippen LogP contribution in [-0.2, 0) is 10.0 Å². The smallest absolute Gasteiger partial charge is 0.208 e. The largest absolute Gasteiger partial charge is 0.240 e. The summed E-state index contributed by atoms with van der Waals surface area (Å²) in [6.07, 6.45) is 3.15. The van der Waals surface area contributed by atoms with Gasteiger partial charge in [0.2, 0.25) is 10.0 Å². The lowest BCUT2D eigenvalue weighted by atomic mass is 9.78. The summed E-state index contributed by atoms with van der Waals surface area (Å²) in [5.74, 6) is 0.905. The van der Waals surface area contributed by atoms with Gasteiger partial charge in [0.05, 0.1) is 9.92 Å². The molecular formula is C14H19BrClNO2S.